The molecule has 0 unspecified atom stereocenters. The van der Waals surface area contributed by atoms with Crippen molar-refractivity contribution in [1.82, 2.24) is 0 Å². The maximum atomic E-state index is 10.5. The van der Waals surface area contributed by atoms with Crippen LogP contribution in [0, 0.1) is 0 Å². The summed E-state index contributed by atoms with van der Waals surface area (Å²) in [6.45, 7) is 4.24. The Hall–Kier alpha value is -0.790. The Morgan fingerprint density at radius 2 is 1.44 bits per heavy atom. The van der Waals surface area contributed by atoms with Gasteiger partial charge in [0.05, 0.1) is 6.61 Å². The monoisotopic (exact) mass is 254 g/mol. The minimum Gasteiger partial charge on any atom is -0.466 e. The van der Waals surface area contributed by atoms with Crippen molar-refractivity contribution in [2.24, 2.45) is 0 Å². The average molecular weight is 254 g/mol. The Morgan fingerprint density at radius 3 is 2.00 bits per heavy atom. The second-order valence-electron chi connectivity index (χ2n) is 4.84. The number of carbonyl (C=O) groups is 1. The van der Waals surface area contributed by atoms with Gasteiger partial charge in [-0.3, -0.25) is 4.79 Å². The van der Waals surface area contributed by atoms with Gasteiger partial charge < -0.3 is 4.74 Å². The van der Waals surface area contributed by atoms with E-state index in [-0.39, 0.29) is 5.97 Å². The predicted molar refractivity (Wildman–Crippen MR) is 77.6 cm³/mol. The number of carbonyl (C=O) groups excluding carboxylic acids is 1. The molecule has 0 radical (unpaired) electrons. The molecule has 0 aliphatic heterocycles. The summed E-state index contributed by atoms with van der Waals surface area (Å²) in [5.74, 6) is -0.160. The molecule has 0 spiro atoms. The molecule has 18 heavy (non-hydrogen) atoms. The first-order valence-electron chi connectivity index (χ1n) is 7.55. The van der Waals surface area contributed by atoms with Gasteiger partial charge >= 0.3 is 5.97 Å². The third kappa shape index (κ3) is 15.2. The number of allylic oxidation sites excluding steroid dienone is 2. The highest BCUT2D eigenvalue weighted by Gasteiger charge is 1.94. The van der Waals surface area contributed by atoms with E-state index < -0.39 is 0 Å². The highest BCUT2D eigenvalue weighted by molar-refractivity contribution is 5.65. The van der Waals surface area contributed by atoms with E-state index in [9.17, 15) is 4.79 Å². The Bertz CT molecular complexity index is 209. The molecule has 0 fully saturated rings. The summed E-state index contributed by atoms with van der Waals surface area (Å²) in [4.78, 5) is 10.5. The molecule has 0 N–H and O–H groups in total. The van der Waals surface area contributed by atoms with Crippen LogP contribution < -0.4 is 0 Å². The Kier molecular flexibility index (Phi) is 13.6. The molecule has 0 aromatic carbocycles. The smallest absolute Gasteiger partial charge is 0.302 e. The van der Waals surface area contributed by atoms with Crippen molar-refractivity contribution >= 4 is 5.97 Å². The van der Waals surface area contributed by atoms with Gasteiger partial charge in [-0.1, -0.05) is 57.6 Å². The fraction of sp³-hybridized carbons (Fsp3) is 0.812. The van der Waals surface area contributed by atoms with Crippen molar-refractivity contribution in [1.29, 1.82) is 0 Å². The lowest BCUT2D eigenvalue weighted by Gasteiger charge is -2.02. The molecule has 0 aromatic rings. The molecular formula is C16H30O2. The molecule has 0 rings (SSSR count). The molecule has 0 aliphatic carbocycles. The van der Waals surface area contributed by atoms with Gasteiger partial charge in [0.1, 0.15) is 0 Å². The molecule has 0 aromatic heterocycles. The van der Waals surface area contributed by atoms with E-state index in [1.807, 2.05) is 0 Å². The summed E-state index contributed by atoms with van der Waals surface area (Å²) in [5.41, 5.74) is 0. The van der Waals surface area contributed by atoms with Gasteiger partial charge in [-0.2, -0.15) is 0 Å². The number of ether oxygens (including phenoxy) is 1. The quantitative estimate of drug-likeness (QED) is 0.277. The normalized spacial score (nSPS) is 11.0. The highest BCUT2D eigenvalue weighted by Crippen LogP contribution is 2.10. The molecular weight excluding hydrogens is 224 g/mol. The average Bonchev–Trinajstić information content (AvgIpc) is 2.34. The zero-order chi connectivity index (χ0) is 13.5. The van der Waals surface area contributed by atoms with Gasteiger partial charge in [-0.15, -0.1) is 0 Å². The minimum atomic E-state index is -0.160. The first-order chi connectivity index (χ1) is 8.77. The summed E-state index contributed by atoms with van der Waals surface area (Å²) in [6, 6.07) is 0. The second-order valence-corrected chi connectivity index (χ2v) is 4.84. The summed E-state index contributed by atoms with van der Waals surface area (Å²) in [5, 5.41) is 0. The van der Waals surface area contributed by atoms with Crippen molar-refractivity contribution in [3.05, 3.63) is 12.2 Å². The molecule has 0 heterocycles. The van der Waals surface area contributed by atoms with Crippen molar-refractivity contribution in [2.75, 3.05) is 6.61 Å². The van der Waals surface area contributed by atoms with Crippen molar-refractivity contribution < 1.29 is 9.53 Å². The Morgan fingerprint density at radius 1 is 0.889 bits per heavy atom. The van der Waals surface area contributed by atoms with Gasteiger partial charge in [0.25, 0.3) is 0 Å². The van der Waals surface area contributed by atoms with Crippen LogP contribution in [-0.2, 0) is 9.53 Å². The molecule has 106 valence electrons. The van der Waals surface area contributed by atoms with Crippen LogP contribution in [0.4, 0.5) is 0 Å². The molecule has 0 aliphatic rings. The standard InChI is InChI=1S/C16H30O2/c1-3-4-5-6-7-8-9-10-11-12-13-14-15-18-16(2)17/h4-5H,3,6-15H2,1-2H3/b5-4-. The molecule has 0 atom stereocenters. The van der Waals surface area contributed by atoms with E-state index in [0.29, 0.717) is 6.61 Å². The van der Waals surface area contributed by atoms with E-state index in [1.165, 1.54) is 58.3 Å². The lowest BCUT2D eigenvalue weighted by molar-refractivity contribution is -0.141. The van der Waals surface area contributed by atoms with E-state index in [1.54, 1.807) is 0 Å². The zero-order valence-corrected chi connectivity index (χ0v) is 12.2. The number of hydrogen-bond acceptors (Lipinski definition) is 2. The van der Waals surface area contributed by atoms with Crippen LogP contribution in [0.2, 0.25) is 0 Å². The topological polar surface area (TPSA) is 26.3 Å². The minimum absolute atomic E-state index is 0.160. The molecule has 0 amide bonds. The fourth-order valence-corrected chi connectivity index (χ4v) is 1.93. The van der Waals surface area contributed by atoms with E-state index in [0.717, 1.165) is 12.8 Å². The molecule has 0 bridgehead atoms. The third-order valence-electron chi connectivity index (χ3n) is 2.97. The van der Waals surface area contributed by atoms with Gasteiger partial charge in [-0.25, -0.2) is 0 Å². The highest BCUT2D eigenvalue weighted by atomic mass is 16.5. The van der Waals surface area contributed by atoms with Gasteiger partial charge in [0, 0.05) is 6.92 Å². The number of rotatable bonds is 12. The first kappa shape index (κ1) is 17.2. The summed E-state index contributed by atoms with van der Waals surface area (Å²) < 4.78 is 4.89. The predicted octanol–water partition coefficient (Wildman–Crippen LogP) is 5.03. The van der Waals surface area contributed by atoms with E-state index in [4.69, 9.17) is 4.74 Å². The summed E-state index contributed by atoms with van der Waals surface area (Å²) >= 11 is 0. The fourth-order valence-electron chi connectivity index (χ4n) is 1.93. The van der Waals surface area contributed by atoms with Crippen LogP contribution >= 0.6 is 0 Å². The number of esters is 1. The summed E-state index contributed by atoms with van der Waals surface area (Å²) in [7, 11) is 0. The zero-order valence-electron chi connectivity index (χ0n) is 12.2. The maximum Gasteiger partial charge on any atom is 0.302 e. The van der Waals surface area contributed by atoms with Gasteiger partial charge in [0.2, 0.25) is 0 Å². The van der Waals surface area contributed by atoms with Crippen LogP contribution in [0.3, 0.4) is 0 Å². The van der Waals surface area contributed by atoms with E-state index >= 15 is 0 Å². The van der Waals surface area contributed by atoms with Crippen LogP contribution in [0.1, 0.15) is 78.1 Å². The van der Waals surface area contributed by atoms with Gasteiger partial charge in [0.15, 0.2) is 0 Å². The molecule has 2 heteroatoms. The number of hydrogen-bond donors (Lipinski definition) is 0. The third-order valence-corrected chi connectivity index (χ3v) is 2.97. The lowest BCUT2D eigenvalue weighted by atomic mass is 10.1. The van der Waals surface area contributed by atoms with Crippen molar-refractivity contribution in [2.45, 2.75) is 78.1 Å². The lowest BCUT2D eigenvalue weighted by Crippen LogP contribution is -2.00. The van der Waals surface area contributed by atoms with Crippen LogP contribution in [0.5, 0.6) is 0 Å². The summed E-state index contributed by atoms with van der Waals surface area (Å²) in [6.07, 6.45) is 17.2. The Labute approximate surface area is 113 Å². The first-order valence-corrected chi connectivity index (χ1v) is 7.55. The molecule has 0 saturated heterocycles. The second kappa shape index (κ2) is 14.3. The number of unbranched alkanes of at least 4 members (excludes halogenated alkanes) is 8. The molecule has 2 nitrogen and oxygen atoms in total. The van der Waals surface area contributed by atoms with Crippen LogP contribution in [0.25, 0.3) is 0 Å². The largest absolute Gasteiger partial charge is 0.466 e. The van der Waals surface area contributed by atoms with Crippen LogP contribution in [-0.4, -0.2) is 12.6 Å². The van der Waals surface area contributed by atoms with Crippen LogP contribution in [0.15, 0.2) is 12.2 Å². The molecule has 0 saturated carbocycles. The maximum absolute atomic E-state index is 10.5. The van der Waals surface area contributed by atoms with E-state index in [2.05, 4.69) is 19.1 Å². The Balaban J connectivity index is 2.99. The SMILES string of the molecule is CC/C=C\CCCCCCCCCCOC(C)=O. The van der Waals surface area contributed by atoms with Gasteiger partial charge in [-0.05, 0) is 25.7 Å². The van der Waals surface area contributed by atoms with Crippen molar-refractivity contribution in [3.63, 3.8) is 0 Å². The van der Waals surface area contributed by atoms with Crippen molar-refractivity contribution in [3.8, 4) is 0 Å².